The van der Waals surface area contributed by atoms with Crippen LogP contribution in [0.3, 0.4) is 0 Å². The number of rotatable bonds is 1. The Labute approximate surface area is 132 Å². The van der Waals surface area contributed by atoms with Gasteiger partial charge in [-0.3, -0.25) is 4.79 Å². The molecule has 1 rings (SSSR count). The largest absolute Gasteiger partial charge is 0.457 e. The van der Waals surface area contributed by atoms with Crippen LogP contribution in [-0.4, -0.2) is 45.2 Å². The van der Waals surface area contributed by atoms with E-state index < -0.39 is 29.9 Å². The molecule has 22 heavy (non-hydrogen) atoms. The van der Waals surface area contributed by atoms with Crippen LogP contribution in [0, 0.1) is 5.92 Å². The highest BCUT2D eigenvalue weighted by Gasteiger charge is 2.31. The van der Waals surface area contributed by atoms with Crippen molar-refractivity contribution in [2.75, 3.05) is 0 Å². The van der Waals surface area contributed by atoms with E-state index in [-0.39, 0.29) is 25.2 Å². The van der Waals surface area contributed by atoms with E-state index in [0.717, 1.165) is 5.57 Å². The molecule has 5 atom stereocenters. The highest BCUT2D eigenvalue weighted by atomic mass is 16.5. The van der Waals surface area contributed by atoms with Crippen LogP contribution in [0.4, 0.5) is 0 Å². The molecule has 0 fully saturated rings. The first-order valence-corrected chi connectivity index (χ1v) is 7.76. The van der Waals surface area contributed by atoms with Crippen LogP contribution in [0.25, 0.3) is 0 Å². The summed E-state index contributed by atoms with van der Waals surface area (Å²) in [4.78, 5) is 12.0. The summed E-state index contributed by atoms with van der Waals surface area (Å²) in [6, 6.07) is 0. The first kappa shape index (κ1) is 18.9. The number of ether oxygens (including phenoxy) is 1. The van der Waals surface area contributed by atoms with Gasteiger partial charge in [-0.1, -0.05) is 25.2 Å². The third-order valence-corrected chi connectivity index (χ3v) is 4.26. The van der Waals surface area contributed by atoms with Crippen LogP contribution in [0.15, 0.2) is 23.8 Å². The SMILES string of the molecule is C/C=C(\C)[C@H]1OC(=O)C[C@H](O)CC[C@@](C)(O)[C@@H](O)/C=C/[C@@H]1C. The Morgan fingerprint density at radius 2 is 2.05 bits per heavy atom. The summed E-state index contributed by atoms with van der Waals surface area (Å²) in [6.07, 6.45) is 3.07. The molecule has 5 nitrogen and oxygen atoms in total. The van der Waals surface area contributed by atoms with E-state index in [4.69, 9.17) is 4.74 Å². The molecule has 0 bridgehead atoms. The highest BCUT2D eigenvalue weighted by Crippen LogP contribution is 2.24. The number of allylic oxidation sites excluding steroid dienone is 1. The molecule has 0 unspecified atom stereocenters. The van der Waals surface area contributed by atoms with Gasteiger partial charge in [0.2, 0.25) is 0 Å². The van der Waals surface area contributed by atoms with Crippen molar-refractivity contribution in [1.29, 1.82) is 0 Å². The predicted octanol–water partition coefficient (Wildman–Crippen LogP) is 1.71. The Bertz CT molecular complexity index is 438. The Morgan fingerprint density at radius 3 is 2.64 bits per heavy atom. The van der Waals surface area contributed by atoms with Crippen LogP contribution in [0.1, 0.15) is 47.0 Å². The van der Waals surface area contributed by atoms with Crippen molar-refractivity contribution < 1.29 is 24.9 Å². The van der Waals surface area contributed by atoms with Gasteiger partial charge in [-0.05, 0) is 39.2 Å². The molecule has 0 amide bonds. The molecule has 0 spiro atoms. The number of carbonyl (C=O) groups excluding carboxylic acids is 1. The average Bonchev–Trinajstić information content (AvgIpc) is 2.46. The van der Waals surface area contributed by atoms with Crippen molar-refractivity contribution in [2.24, 2.45) is 5.92 Å². The van der Waals surface area contributed by atoms with Crippen molar-refractivity contribution in [2.45, 2.75) is 70.9 Å². The Kier molecular flexibility index (Phi) is 6.78. The maximum Gasteiger partial charge on any atom is 0.309 e. The zero-order valence-corrected chi connectivity index (χ0v) is 13.8. The number of aliphatic hydroxyl groups is 3. The van der Waals surface area contributed by atoms with Gasteiger partial charge in [-0.2, -0.15) is 0 Å². The van der Waals surface area contributed by atoms with E-state index in [1.54, 1.807) is 6.08 Å². The highest BCUT2D eigenvalue weighted by molar-refractivity contribution is 5.70. The van der Waals surface area contributed by atoms with Crippen molar-refractivity contribution in [3.05, 3.63) is 23.8 Å². The van der Waals surface area contributed by atoms with Gasteiger partial charge in [0.05, 0.1) is 18.1 Å². The summed E-state index contributed by atoms with van der Waals surface area (Å²) in [6.45, 7) is 7.14. The minimum atomic E-state index is -1.34. The van der Waals surface area contributed by atoms with Gasteiger partial charge in [0.25, 0.3) is 0 Å². The van der Waals surface area contributed by atoms with Crippen molar-refractivity contribution in [3.8, 4) is 0 Å². The lowest BCUT2D eigenvalue weighted by Crippen LogP contribution is -2.39. The summed E-state index contributed by atoms with van der Waals surface area (Å²) in [5, 5.41) is 30.3. The molecule has 1 aliphatic rings. The van der Waals surface area contributed by atoms with Gasteiger partial charge in [0.15, 0.2) is 0 Å². The average molecular weight is 312 g/mol. The minimum absolute atomic E-state index is 0.115. The fraction of sp³-hybridized carbons (Fsp3) is 0.706. The molecule has 1 aliphatic heterocycles. The van der Waals surface area contributed by atoms with Crippen LogP contribution in [0.5, 0.6) is 0 Å². The molecule has 0 saturated carbocycles. The molecule has 0 aromatic rings. The van der Waals surface area contributed by atoms with E-state index >= 15 is 0 Å². The van der Waals surface area contributed by atoms with Gasteiger partial charge < -0.3 is 20.1 Å². The quantitative estimate of drug-likeness (QED) is 0.507. The lowest BCUT2D eigenvalue weighted by molar-refractivity contribution is -0.151. The zero-order chi connectivity index (χ0) is 16.9. The smallest absolute Gasteiger partial charge is 0.309 e. The number of esters is 1. The molecular weight excluding hydrogens is 284 g/mol. The maximum absolute atomic E-state index is 12.0. The van der Waals surface area contributed by atoms with Gasteiger partial charge in [0.1, 0.15) is 12.2 Å². The summed E-state index contributed by atoms with van der Waals surface area (Å²) >= 11 is 0. The van der Waals surface area contributed by atoms with Crippen molar-refractivity contribution in [1.82, 2.24) is 0 Å². The second-order valence-corrected chi connectivity index (χ2v) is 6.39. The molecule has 0 aromatic carbocycles. The van der Waals surface area contributed by atoms with E-state index in [1.807, 2.05) is 26.8 Å². The summed E-state index contributed by atoms with van der Waals surface area (Å²) in [7, 11) is 0. The first-order chi connectivity index (χ1) is 10.2. The Balaban J connectivity index is 3.07. The van der Waals surface area contributed by atoms with Gasteiger partial charge in [-0.15, -0.1) is 0 Å². The van der Waals surface area contributed by atoms with Crippen molar-refractivity contribution in [3.63, 3.8) is 0 Å². The van der Waals surface area contributed by atoms with Gasteiger partial charge in [-0.25, -0.2) is 0 Å². The molecule has 0 aromatic heterocycles. The summed E-state index contributed by atoms with van der Waals surface area (Å²) < 4.78 is 5.48. The van der Waals surface area contributed by atoms with Crippen LogP contribution in [-0.2, 0) is 9.53 Å². The molecule has 3 N–H and O–H groups in total. The second-order valence-electron chi connectivity index (χ2n) is 6.39. The lowest BCUT2D eigenvalue weighted by atomic mass is 9.89. The normalized spacial score (nSPS) is 40.3. The predicted molar refractivity (Wildman–Crippen MR) is 84.1 cm³/mol. The van der Waals surface area contributed by atoms with E-state index in [0.29, 0.717) is 0 Å². The zero-order valence-electron chi connectivity index (χ0n) is 13.8. The summed E-state index contributed by atoms with van der Waals surface area (Å²) in [5.74, 6) is -0.609. The fourth-order valence-corrected chi connectivity index (χ4v) is 2.46. The maximum atomic E-state index is 12.0. The minimum Gasteiger partial charge on any atom is -0.457 e. The van der Waals surface area contributed by atoms with Gasteiger partial charge in [0, 0.05) is 5.92 Å². The molecule has 0 aliphatic carbocycles. The number of carbonyl (C=O) groups is 1. The van der Waals surface area contributed by atoms with E-state index in [9.17, 15) is 20.1 Å². The topological polar surface area (TPSA) is 87.0 Å². The third-order valence-electron chi connectivity index (χ3n) is 4.26. The molecule has 1 heterocycles. The monoisotopic (exact) mass is 312 g/mol. The molecular formula is C17H28O5. The lowest BCUT2D eigenvalue weighted by Gasteiger charge is -2.30. The number of aliphatic hydroxyl groups excluding tert-OH is 2. The molecule has 0 saturated heterocycles. The number of cyclic esters (lactones) is 1. The fourth-order valence-electron chi connectivity index (χ4n) is 2.46. The number of hydrogen-bond donors (Lipinski definition) is 3. The summed E-state index contributed by atoms with van der Waals surface area (Å²) in [5.41, 5.74) is -0.441. The second kappa shape index (κ2) is 7.90. The molecule has 0 radical (unpaired) electrons. The Morgan fingerprint density at radius 1 is 1.41 bits per heavy atom. The van der Waals surface area contributed by atoms with E-state index in [2.05, 4.69) is 0 Å². The van der Waals surface area contributed by atoms with Crippen LogP contribution in [0.2, 0.25) is 0 Å². The number of hydrogen-bond acceptors (Lipinski definition) is 5. The molecule has 5 heteroatoms. The van der Waals surface area contributed by atoms with Crippen molar-refractivity contribution >= 4 is 5.97 Å². The van der Waals surface area contributed by atoms with E-state index in [1.165, 1.54) is 13.0 Å². The first-order valence-electron chi connectivity index (χ1n) is 7.76. The molecule has 126 valence electrons. The van der Waals surface area contributed by atoms with Gasteiger partial charge >= 0.3 is 5.97 Å². The standard InChI is InChI=1S/C17H28O5/c1-5-11(2)16-12(3)6-7-14(19)17(4,21)9-8-13(18)10-15(20)22-16/h5-7,12-14,16,18-19,21H,8-10H2,1-4H3/b7-6+,11-5+/t12-,13+,14-,16+,17+/m0/s1. The van der Waals surface area contributed by atoms with Crippen LogP contribution < -0.4 is 0 Å². The third kappa shape index (κ3) is 5.23. The Hall–Kier alpha value is -1.17. The van der Waals surface area contributed by atoms with Crippen LogP contribution >= 0.6 is 0 Å².